The van der Waals surface area contributed by atoms with Gasteiger partial charge in [0.1, 0.15) is 18.2 Å². The highest BCUT2D eigenvalue weighted by Gasteiger charge is 2.38. The fourth-order valence-corrected chi connectivity index (χ4v) is 6.25. The number of nitrogens with one attached hydrogen (secondary N) is 1. The second-order valence-corrected chi connectivity index (χ2v) is 11.1. The van der Waals surface area contributed by atoms with Crippen molar-refractivity contribution in [1.29, 1.82) is 0 Å². The van der Waals surface area contributed by atoms with Gasteiger partial charge in [0.15, 0.2) is 0 Å². The summed E-state index contributed by atoms with van der Waals surface area (Å²) in [6, 6.07) is 27.7. The summed E-state index contributed by atoms with van der Waals surface area (Å²) in [4.78, 5) is 14.5. The number of nitrogens with zero attached hydrogens (tertiary/aromatic N) is 4. The second kappa shape index (κ2) is 9.99. The first kappa shape index (κ1) is 24.7. The Morgan fingerprint density at radius 3 is 2.55 bits per heavy atom. The third-order valence-electron chi connectivity index (χ3n) is 8.23. The molecule has 2 bridgehead atoms. The Morgan fingerprint density at radius 2 is 1.73 bits per heavy atom. The van der Waals surface area contributed by atoms with E-state index in [2.05, 4.69) is 57.6 Å². The Kier molecular flexibility index (Phi) is 6.16. The molecule has 7 heteroatoms. The summed E-state index contributed by atoms with van der Waals surface area (Å²) < 4.78 is 6.27. The van der Waals surface area contributed by atoms with Crippen LogP contribution >= 0.6 is 0 Å². The topological polar surface area (TPSA) is 73.8 Å². The first-order chi connectivity index (χ1) is 19.5. The van der Waals surface area contributed by atoms with Crippen LogP contribution in [-0.2, 0) is 6.61 Å². The van der Waals surface area contributed by atoms with Gasteiger partial charge >= 0.3 is 6.01 Å². The van der Waals surface area contributed by atoms with E-state index in [-0.39, 0.29) is 5.75 Å². The van der Waals surface area contributed by atoms with Gasteiger partial charge in [0.2, 0.25) is 0 Å². The average molecular weight is 532 g/mol. The van der Waals surface area contributed by atoms with E-state index < -0.39 is 0 Å². The highest BCUT2D eigenvalue weighted by atomic mass is 16.5. The maximum absolute atomic E-state index is 10.5. The molecular formula is C33H33N5O2. The van der Waals surface area contributed by atoms with Gasteiger partial charge in [-0.25, -0.2) is 0 Å². The lowest BCUT2D eigenvalue weighted by molar-refractivity contribution is 0.282. The molecule has 0 amide bonds. The smallest absolute Gasteiger partial charge is 0.319 e. The number of aromatic hydroxyl groups is 1. The number of ether oxygens (including phenoxy) is 1. The molecule has 5 aromatic rings. The molecule has 7 rings (SSSR count). The van der Waals surface area contributed by atoms with Gasteiger partial charge in [0.05, 0.1) is 5.52 Å². The van der Waals surface area contributed by atoms with Crippen LogP contribution in [0.1, 0.15) is 18.4 Å². The predicted molar refractivity (Wildman–Crippen MR) is 161 cm³/mol. The van der Waals surface area contributed by atoms with E-state index in [0.29, 0.717) is 24.7 Å². The number of phenols is 1. The summed E-state index contributed by atoms with van der Waals surface area (Å²) >= 11 is 0. The van der Waals surface area contributed by atoms with E-state index in [1.165, 1.54) is 0 Å². The van der Waals surface area contributed by atoms with Crippen molar-refractivity contribution in [1.82, 2.24) is 15.3 Å². The van der Waals surface area contributed by atoms with E-state index in [4.69, 9.17) is 14.7 Å². The molecule has 4 aromatic carbocycles. The van der Waals surface area contributed by atoms with Crippen LogP contribution in [0.15, 0.2) is 78.9 Å². The van der Waals surface area contributed by atoms with Gasteiger partial charge in [-0.1, -0.05) is 42.5 Å². The van der Waals surface area contributed by atoms with Crippen LogP contribution < -0.4 is 19.9 Å². The molecule has 3 heterocycles. The van der Waals surface area contributed by atoms with E-state index in [1.807, 2.05) is 44.4 Å². The Morgan fingerprint density at radius 1 is 0.900 bits per heavy atom. The maximum Gasteiger partial charge on any atom is 0.319 e. The van der Waals surface area contributed by atoms with E-state index >= 15 is 0 Å². The van der Waals surface area contributed by atoms with E-state index in [1.54, 1.807) is 6.07 Å². The Balaban J connectivity index is 1.33. The minimum Gasteiger partial charge on any atom is -0.508 e. The zero-order chi connectivity index (χ0) is 27.2. The van der Waals surface area contributed by atoms with Crippen molar-refractivity contribution in [2.45, 2.75) is 31.5 Å². The molecule has 1 aromatic heterocycles. The number of phenolic OH excluding ortho intramolecular Hbond substituents is 1. The van der Waals surface area contributed by atoms with Crippen LogP contribution in [0.25, 0.3) is 32.8 Å². The SMILES string of the molecule is CN(C)c1cccc(COc2nc(N3C4CCC3CNC4)c3ccc(-c4cc(O)cc5ccccc45)cc3n2)c1. The number of hydrogen-bond donors (Lipinski definition) is 2. The summed E-state index contributed by atoms with van der Waals surface area (Å²) in [6.07, 6.45) is 2.31. The van der Waals surface area contributed by atoms with Crippen molar-refractivity contribution in [2.24, 2.45) is 0 Å². The summed E-state index contributed by atoms with van der Waals surface area (Å²) in [5.74, 6) is 1.20. The molecule has 2 saturated heterocycles. The van der Waals surface area contributed by atoms with Crippen LogP contribution in [0, 0.1) is 0 Å². The monoisotopic (exact) mass is 531 g/mol. The first-order valence-corrected chi connectivity index (χ1v) is 14.0. The molecule has 2 atom stereocenters. The molecule has 2 unspecified atom stereocenters. The maximum atomic E-state index is 10.5. The quantitative estimate of drug-likeness (QED) is 0.289. The third-order valence-corrected chi connectivity index (χ3v) is 8.23. The number of rotatable bonds is 6. The van der Waals surface area contributed by atoms with Crippen LogP contribution in [0.4, 0.5) is 11.5 Å². The largest absolute Gasteiger partial charge is 0.508 e. The fraction of sp³-hybridized carbons (Fsp3) is 0.273. The van der Waals surface area contributed by atoms with Gasteiger partial charge in [-0.3, -0.25) is 0 Å². The normalized spacial score (nSPS) is 18.4. The predicted octanol–water partition coefficient (Wildman–Crippen LogP) is 5.74. The highest BCUT2D eigenvalue weighted by molar-refractivity contribution is 6.01. The number of piperazine rings is 1. The van der Waals surface area contributed by atoms with Gasteiger partial charge < -0.3 is 25.0 Å². The Labute approximate surface area is 234 Å². The molecule has 202 valence electrons. The molecule has 2 aliphatic rings. The van der Waals surface area contributed by atoms with Crippen molar-refractivity contribution < 1.29 is 9.84 Å². The number of hydrogen-bond acceptors (Lipinski definition) is 7. The lowest BCUT2D eigenvalue weighted by atomic mass is 9.97. The highest BCUT2D eigenvalue weighted by Crippen LogP contribution is 2.39. The lowest BCUT2D eigenvalue weighted by Crippen LogP contribution is -2.52. The van der Waals surface area contributed by atoms with E-state index in [9.17, 15) is 5.11 Å². The average Bonchev–Trinajstić information content (AvgIpc) is 3.22. The second-order valence-electron chi connectivity index (χ2n) is 11.1. The van der Waals surface area contributed by atoms with Crippen molar-refractivity contribution in [2.75, 3.05) is 37.0 Å². The number of fused-ring (bicyclic) bond motifs is 4. The minimum absolute atomic E-state index is 0.249. The number of benzene rings is 4. The summed E-state index contributed by atoms with van der Waals surface area (Å²) in [5.41, 5.74) is 5.00. The molecule has 0 aliphatic carbocycles. The molecule has 2 fully saturated rings. The lowest BCUT2D eigenvalue weighted by Gasteiger charge is -2.36. The molecule has 2 aliphatic heterocycles. The fourth-order valence-electron chi connectivity index (χ4n) is 6.25. The zero-order valence-electron chi connectivity index (χ0n) is 22.8. The van der Waals surface area contributed by atoms with Gasteiger partial charge in [-0.15, -0.1) is 0 Å². The van der Waals surface area contributed by atoms with Crippen LogP contribution in [0.5, 0.6) is 11.8 Å². The summed E-state index contributed by atoms with van der Waals surface area (Å²) in [7, 11) is 4.07. The van der Waals surface area contributed by atoms with Crippen molar-refractivity contribution in [3.05, 3.63) is 84.4 Å². The van der Waals surface area contributed by atoms with Gasteiger partial charge in [0.25, 0.3) is 0 Å². The van der Waals surface area contributed by atoms with Crippen LogP contribution in [0.3, 0.4) is 0 Å². The first-order valence-electron chi connectivity index (χ1n) is 14.0. The number of anilines is 2. The molecule has 0 radical (unpaired) electrons. The molecule has 0 spiro atoms. The molecular weight excluding hydrogens is 498 g/mol. The van der Waals surface area contributed by atoms with Crippen molar-refractivity contribution in [3.8, 4) is 22.9 Å². The Hall–Kier alpha value is -4.36. The molecule has 0 saturated carbocycles. The van der Waals surface area contributed by atoms with Crippen LogP contribution in [-0.4, -0.2) is 54.3 Å². The van der Waals surface area contributed by atoms with Crippen LogP contribution in [0.2, 0.25) is 0 Å². The molecule has 2 N–H and O–H groups in total. The van der Waals surface area contributed by atoms with E-state index in [0.717, 1.165) is 75.8 Å². The Bertz CT molecular complexity index is 1700. The molecule has 7 nitrogen and oxygen atoms in total. The summed E-state index contributed by atoms with van der Waals surface area (Å²) in [6.45, 7) is 2.31. The van der Waals surface area contributed by atoms with Gasteiger partial charge in [-0.05, 0) is 76.7 Å². The number of aromatic nitrogens is 2. The van der Waals surface area contributed by atoms with Gasteiger partial charge in [-0.2, -0.15) is 9.97 Å². The molecule has 40 heavy (non-hydrogen) atoms. The zero-order valence-corrected chi connectivity index (χ0v) is 22.8. The van der Waals surface area contributed by atoms with Crippen molar-refractivity contribution in [3.63, 3.8) is 0 Å². The van der Waals surface area contributed by atoms with Crippen molar-refractivity contribution >= 4 is 33.2 Å². The minimum atomic E-state index is 0.249. The summed E-state index contributed by atoms with van der Waals surface area (Å²) in [5, 5.41) is 17.2. The standard InChI is InChI=1S/C33H33N5O2/c1-37(2)24-8-5-6-21(14-24)20-40-33-35-31-16-23(30-17-27(39)15-22-7-3-4-9-28(22)30)10-13-29(31)32(36-33)38-25-11-12-26(38)19-34-18-25/h3-10,13-17,25-26,34,39H,11-12,18-20H2,1-2H3. The third kappa shape index (κ3) is 4.46. The van der Waals surface area contributed by atoms with Gasteiger partial charge in [0, 0.05) is 50.3 Å².